The number of benzene rings is 1. The molecule has 112 valence electrons. The Labute approximate surface area is 131 Å². The van der Waals surface area contributed by atoms with Crippen LogP contribution in [-0.2, 0) is 6.42 Å². The minimum atomic E-state index is 0.595. The summed E-state index contributed by atoms with van der Waals surface area (Å²) in [6.07, 6.45) is 3.26. The van der Waals surface area contributed by atoms with Crippen LogP contribution in [0.5, 0.6) is 5.75 Å². The first-order valence-corrected chi connectivity index (χ1v) is 7.91. The van der Waals surface area contributed by atoms with Crippen LogP contribution in [0.15, 0.2) is 12.1 Å². The largest absolute Gasteiger partial charge is 0.495 e. The lowest BCUT2D eigenvalue weighted by Gasteiger charge is -2.27. The van der Waals surface area contributed by atoms with Gasteiger partial charge in [-0.2, -0.15) is 0 Å². The van der Waals surface area contributed by atoms with Gasteiger partial charge in [-0.05, 0) is 43.5 Å². The fourth-order valence-electron chi connectivity index (χ4n) is 2.61. The number of unbranched alkanes of at least 4 members (excludes halogenated alkanes) is 1. The summed E-state index contributed by atoms with van der Waals surface area (Å²) >= 11 is 12.2. The Morgan fingerprint density at radius 3 is 2.65 bits per heavy atom. The van der Waals surface area contributed by atoms with E-state index in [9.17, 15) is 0 Å². The van der Waals surface area contributed by atoms with Gasteiger partial charge < -0.3 is 15.0 Å². The number of ether oxygens (including phenoxy) is 1. The maximum Gasteiger partial charge on any atom is 0.140 e. The molecule has 1 aromatic rings. The summed E-state index contributed by atoms with van der Waals surface area (Å²) in [4.78, 5) is 2.51. The Morgan fingerprint density at radius 1 is 1.20 bits per heavy atom. The molecule has 0 unspecified atom stereocenters. The smallest absolute Gasteiger partial charge is 0.140 e. The van der Waals surface area contributed by atoms with E-state index in [4.69, 9.17) is 27.9 Å². The van der Waals surface area contributed by atoms with Gasteiger partial charge in [-0.15, -0.1) is 0 Å². The van der Waals surface area contributed by atoms with E-state index in [0.717, 1.165) is 56.9 Å². The molecule has 0 spiro atoms. The highest BCUT2D eigenvalue weighted by atomic mass is 35.5. The second kappa shape index (κ2) is 8.08. The van der Waals surface area contributed by atoms with Gasteiger partial charge in [0.1, 0.15) is 5.75 Å². The number of aryl methyl sites for hydroxylation is 1. The third-order valence-electron chi connectivity index (χ3n) is 3.67. The molecule has 1 aliphatic heterocycles. The van der Waals surface area contributed by atoms with E-state index < -0.39 is 0 Å². The third-order valence-corrected chi connectivity index (χ3v) is 4.17. The van der Waals surface area contributed by atoms with Crippen molar-refractivity contribution in [1.82, 2.24) is 10.2 Å². The van der Waals surface area contributed by atoms with E-state index >= 15 is 0 Å². The van der Waals surface area contributed by atoms with Gasteiger partial charge in [-0.3, -0.25) is 0 Å². The number of hydrogen-bond acceptors (Lipinski definition) is 3. The first-order chi connectivity index (χ1) is 9.70. The van der Waals surface area contributed by atoms with Gasteiger partial charge in [0.05, 0.1) is 12.1 Å². The molecule has 1 fully saturated rings. The number of hydrogen-bond donors (Lipinski definition) is 1. The zero-order valence-corrected chi connectivity index (χ0v) is 13.4. The first-order valence-electron chi connectivity index (χ1n) is 7.15. The third kappa shape index (κ3) is 4.52. The van der Waals surface area contributed by atoms with E-state index in [1.807, 2.05) is 6.07 Å². The molecule has 5 heteroatoms. The maximum atomic E-state index is 6.14. The zero-order valence-electron chi connectivity index (χ0n) is 11.9. The highest BCUT2D eigenvalue weighted by molar-refractivity contribution is 6.35. The Kier molecular flexibility index (Phi) is 6.43. The molecular weight excluding hydrogens is 295 g/mol. The molecule has 0 radical (unpaired) electrons. The fourth-order valence-corrected chi connectivity index (χ4v) is 3.23. The molecule has 3 nitrogen and oxygen atoms in total. The Hall–Kier alpha value is -0.480. The predicted octanol–water partition coefficient (Wildman–Crippen LogP) is 3.23. The van der Waals surface area contributed by atoms with Crippen molar-refractivity contribution in [3.63, 3.8) is 0 Å². The Bertz CT molecular complexity index is 434. The Balaban J connectivity index is 1.81. The average Bonchev–Trinajstić information content (AvgIpc) is 2.44. The molecular formula is C15H22Cl2N2O. The highest BCUT2D eigenvalue weighted by Gasteiger charge is 2.11. The summed E-state index contributed by atoms with van der Waals surface area (Å²) < 4.78 is 5.37. The van der Waals surface area contributed by atoms with Crippen molar-refractivity contribution in [2.45, 2.75) is 19.3 Å². The van der Waals surface area contributed by atoms with E-state index in [2.05, 4.69) is 10.2 Å². The minimum Gasteiger partial charge on any atom is -0.495 e. The zero-order chi connectivity index (χ0) is 14.4. The van der Waals surface area contributed by atoms with Crippen molar-refractivity contribution in [3.05, 3.63) is 27.7 Å². The Morgan fingerprint density at radius 2 is 1.95 bits per heavy atom. The van der Waals surface area contributed by atoms with Crippen molar-refractivity contribution < 1.29 is 4.74 Å². The van der Waals surface area contributed by atoms with Gasteiger partial charge in [0.15, 0.2) is 0 Å². The monoisotopic (exact) mass is 316 g/mol. The van der Waals surface area contributed by atoms with Crippen LogP contribution in [0.2, 0.25) is 10.0 Å². The summed E-state index contributed by atoms with van der Waals surface area (Å²) in [5.41, 5.74) is 1.10. The van der Waals surface area contributed by atoms with Crippen molar-refractivity contribution >= 4 is 23.2 Å². The number of halogens is 2. The minimum absolute atomic E-state index is 0.595. The summed E-state index contributed by atoms with van der Waals surface area (Å²) in [6, 6.07) is 3.68. The van der Waals surface area contributed by atoms with Crippen LogP contribution >= 0.6 is 23.2 Å². The topological polar surface area (TPSA) is 24.5 Å². The molecule has 0 bridgehead atoms. The lowest BCUT2D eigenvalue weighted by molar-refractivity contribution is 0.237. The number of methoxy groups -OCH3 is 1. The van der Waals surface area contributed by atoms with Gasteiger partial charge in [0.2, 0.25) is 0 Å². The standard InChI is InChI=1S/C15H22Cl2N2O/c1-20-15-12(10-13(16)11-14(15)17)4-2-3-7-19-8-5-18-6-9-19/h10-11,18H,2-9H2,1H3. The van der Waals surface area contributed by atoms with Crippen LogP contribution < -0.4 is 10.1 Å². The highest BCUT2D eigenvalue weighted by Crippen LogP contribution is 2.33. The molecule has 0 saturated carbocycles. The van der Waals surface area contributed by atoms with Gasteiger partial charge in [-0.25, -0.2) is 0 Å². The van der Waals surface area contributed by atoms with Crippen molar-refractivity contribution in [1.29, 1.82) is 0 Å². The molecule has 0 aliphatic carbocycles. The fraction of sp³-hybridized carbons (Fsp3) is 0.600. The van der Waals surface area contributed by atoms with E-state index in [0.29, 0.717) is 10.0 Å². The van der Waals surface area contributed by atoms with Crippen LogP contribution in [-0.4, -0.2) is 44.7 Å². The van der Waals surface area contributed by atoms with Crippen LogP contribution in [0.4, 0.5) is 0 Å². The predicted molar refractivity (Wildman–Crippen MR) is 85.3 cm³/mol. The molecule has 1 heterocycles. The molecule has 1 aromatic carbocycles. The molecule has 2 rings (SSSR count). The molecule has 1 saturated heterocycles. The summed E-state index contributed by atoms with van der Waals surface area (Å²) in [6.45, 7) is 5.70. The quantitative estimate of drug-likeness (QED) is 0.815. The van der Waals surface area contributed by atoms with Gasteiger partial charge in [-0.1, -0.05) is 23.2 Å². The summed E-state index contributed by atoms with van der Waals surface area (Å²) in [7, 11) is 1.65. The normalized spacial score (nSPS) is 16.4. The molecule has 0 atom stereocenters. The van der Waals surface area contributed by atoms with Gasteiger partial charge >= 0.3 is 0 Å². The van der Waals surface area contributed by atoms with Crippen LogP contribution in [0.1, 0.15) is 18.4 Å². The second-order valence-electron chi connectivity index (χ2n) is 5.13. The number of rotatable bonds is 6. The second-order valence-corrected chi connectivity index (χ2v) is 5.97. The van der Waals surface area contributed by atoms with Gasteiger partial charge in [0.25, 0.3) is 0 Å². The van der Waals surface area contributed by atoms with Crippen LogP contribution in [0.3, 0.4) is 0 Å². The maximum absolute atomic E-state index is 6.14. The molecule has 20 heavy (non-hydrogen) atoms. The van der Waals surface area contributed by atoms with E-state index in [1.165, 1.54) is 6.42 Å². The molecule has 0 aromatic heterocycles. The number of nitrogens with one attached hydrogen (secondary N) is 1. The lowest BCUT2D eigenvalue weighted by Crippen LogP contribution is -2.43. The summed E-state index contributed by atoms with van der Waals surface area (Å²) in [5.74, 6) is 0.762. The average molecular weight is 317 g/mol. The van der Waals surface area contributed by atoms with Gasteiger partial charge in [0, 0.05) is 31.2 Å². The molecule has 1 N–H and O–H groups in total. The first kappa shape index (κ1) is 15.9. The van der Waals surface area contributed by atoms with Crippen LogP contribution in [0.25, 0.3) is 0 Å². The van der Waals surface area contributed by atoms with Crippen LogP contribution in [0, 0.1) is 0 Å². The van der Waals surface area contributed by atoms with Crippen molar-refractivity contribution in [2.24, 2.45) is 0 Å². The summed E-state index contributed by atoms with van der Waals surface area (Å²) in [5, 5.41) is 4.64. The van der Waals surface area contributed by atoms with Crippen molar-refractivity contribution in [3.8, 4) is 5.75 Å². The SMILES string of the molecule is COc1c(Cl)cc(Cl)cc1CCCCN1CCNCC1. The van der Waals surface area contributed by atoms with E-state index in [1.54, 1.807) is 13.2 Å². The van der Waals surface area contributed by atoms with Crippen molar-refractivity contribution in [2.75, 3.05) is 39.8 Å². The number of nitrogens with zero attached hydrogens (tertiary/aromatic N) is 1. The molecule has 1 aliphatic rings. The molecule has 0 amide bonds. The number of piperazine rings is 1. The van der Waals surface area contributed by atoms with E-state index in [-0.39, 0.29) is 0 Å². The lowest BCUT2D eigenvalue weighted by atomic mass is 10.1.